The van der Waals surface area contributed by atoms with E-state index in [1.54, 1.807) is 0 Å². The van der Waals surface area contributed by atoms with E-state index in [0.29, 0.717) is 0 Å². The van der Waals surface area contributed by atoms with Gasteiger partial charge in [-0.25, -0.2) is 10.9 Å². The van der Waals surface area contributed by atoms with E-state index in [-0.39, 0.29) is 12.8 Å². The van der Waals surface area contributed by atoms with Gasteiger partial charge in [-0.1, -0.05) is 48.5 Å². The van der Waals surface area contributed by atoms with Crippen molar-refractivity contribution >= 4 is 0 Å². The fourth-order valence-electron chi connectivity index (χ4n) is 2.21. The quantitative estimate of drug-likeness (QED) is 0.566. The minimum Gasteiger partial charge on any atom is -0.392 e. The largest absolute Gasteiger partial charge is 0.392 e. The molecule has 0 bridgehead atoms. The molecule has 0 atom stereocenters. The predicted octanol–water partition coefficient (Wildman–Crippen LogP) is 0.961. The molecular formula is C14H16N4O. The number of nitrogens with one attached hydrogen (secondary N) is 4. The van der Waals surface area contributed by atoms with Gasteiger partial charge in [-0.05, 0) is 22.3 Å². The highest BCUT2D eigenvalue weighted by Crippen LogP contribution is 2.27. The Labute approximate surface area is 111 Å². The van der Waals surface area contributed by atoms with Crippen molar-refractivity contribution in [3.8, 4) is 11.1 Å². The zero-order chi connectivity index (χ0) is 13.1. The maximum absolute atomic E-state index is 9.09. The highest BCUT2D eigenvalue weighted by atomic mass is 16.3. The van der Waals surface area contributed by atoms with Gasteiger partial charge in [0, 0.05) is 0 Å². The van der Waals surface area contributed by atoms with Crippen LogP contribution in [-0.4, -0.2) is 5.11 Å². The van der Waals surface area contributed by atoms with E-state index in [1.165, 1.54) is 0 Å². The lowest BCUT2D eigenvalue weighted by Crippen LogP contribution is -2.33. The molecule has 5 nitrogen and oxygen atoms in total. The van der Waals surface area contributed by atoms with Gasteiger partial charge in [-0.2, -0.15) is 11.1 Å². The second kappa shape index (κ2) is 5.48. The number of hydrogen-bond acceptors (Lipinski definition) is 5. The molecule has 0 spiro atoms. The standard InChI is InChI=1S/C14H16N4O/c19-9-10-5-7-11(8-6-10)12-3-1-2-4-13(12)14-15-17-18-16-14/h1-8,14-19H,9H2. The number of hydrogen-bond donors (Lipinski definition) is 5. The Bertz CT molecular complexity index is 550. The van der Waals surface area contributed by atoms with E-state index in [0.717, 1.165) is 22.3 Å². The number of hydrazine groups is 3. The van der Waals surface area contributed by atoms with Gasteiger partial charge in [0.2, 0.25) is 0 Å². The van der Waals surface area contributed by atoms with E-state index in [1.807, 2.05) is 36.4 Å². The van der Waals surface area contributed by atoms with Crippen LogP contribution in [0.5, 0.6) is 0 Å². The Balaban J connectivity index is 1.98. The first-order valence-electron chi connectivity index (χ1n) is 6.18. The van der Waals surface area contributed by atoms with Crippen LogP contribution in [0.2, 0.25) is 0 Å². The molecule has 1 aliphatic heterocycles. The second-order valence-corrected chi connectivity index (χ2v) is 4.41. The minimum atomic E-state index is 0.00807. The molecule has 0 aromatic heterocycles. The summed E-state index contributed by atoms with van der Waals surface area (Å²) in [6.07, 6.45) is 0.00807. The summed E-state index contributed by atoms with van der Waals surface area (Å²) in [4.78, 5) is 0. The van der Waals surface area contributed by atoms with Crippen LogP contribution in [0.1, 0.15) is 17.3 Å². The summed E-state index contributed by atoms with van der Waals surface area (Å²) >= 11 is 0. The third-order valence-corrected chi connectivity index (χ3v) is 3.21. The Hall–Kier alpha value is -1.76. The van der Waals surface area contributed by atoms with Gasteiger partial charge in [-0.3, -0.25) is 0 Å². The zero-order valence-electron chi connectivity index (χ0n) is 10.4. The van der Waals surface area contributed by atoms with Crippen LogP contribution in [0.4, 0.5) is 0 Å². The molecule has 3 rings (SSSR count). The van der Waals surface area contributed by atoms with Gasteiger partial charge in [0.1, 0.15) is 6.17 Å². The fraction of sp³-hybridized carbons (Fsp3) is 0.143. The third kappa shape index (κ3) is 2.51. The average Bonchev–Trinajstić information content (AvgIpc) is 3.01. The van der Waals surface area contributed by atoms with E-state index in [4.69, 9.17) is 5.11 Å². The first kappa shape index (κ1) is 12.3. The van der Waals surface area contributed by atoms with Gasteiger partial charge in [-0.15, -0.1) is 0 Å². The Morgan fingerprint density at radius 2 is 1.58 bits per heavy atom. The van der Waals surface area contributed by atoms with Crippen molar-refractivity contribution in [3.05, 3.63) is 59.7 Å². The van der Waals surface area contributed by atoms with E-state index in [2.05, 4.69) is 34.1 Å². The Morgan fingerprint density at radius 3 is 2.26 bits per heavy atom. The van der Waals surface area contributed by atoms with Crippen molar-refractivity contribution in [2.75, 3.05) is 0 Å². The summed E-state index contributed by atoms with van der Waals surface area (Å²) in [6.45, 7) is 0.0709. The fourth-order valence-corrected chi connectivity index (χ4v) is 2.21. The van der Waals surface area contributed by atoms with Gasteiger partial charge < -0.3 is 5.11 Å². The summed E-state index contributed by atoms with van der Waals surface area (Å²) in [5.41, 5.74) is 16.2. The lowest BCUT2D eigenvalue weighted by atomic mass is 9.97. The smallest absolute Gasteiger partial charge is 0.112 e. The van der Waals surface area contributed by atoms with Crippen molar-refractivity contribution in [1.29, 1.82) is 0 Å². The molecule has 1 fully saturated rings. The van der Waals surface area contributed by atoms with Crippen LogP contribution in [0.15, 0.2) is 48.5 Å². The van der Waals surface area contributed by atoms with E-state index in [9.17, 15) is 0 Å². The van der Waals surface area contributed by atoms with Crippen LogP contribution in [0.3, 0.4) is 0 Å². The molecule has 0 amide bonds. The molecule has 1 aliphatic rings. The highest BCUT2D eigenvalue weighted by Gasteiger charge is 2.18. The van der Waals surface area contributed by atoms with E-state index < -0.39 is 0 Å². The first-order chi connectivity index (χ1) is 9.38. The molecule has 0 saturated carbocycles. The number of aliphatic hydroxyl groups is 1. The summed E-state index contributed by atoms with van der Waals surface area (Å²) in [7, 11) is 0. The van der Waals surface area contributed by atoms with E-state index >= 15 is 0 Å². The molecule has 2 aromatic rings. The monoisotopic (exact) mass is 256 g/mol. The molecular weight excluding hydrogens is 240 g/mol. The minimum absolute atomic E-state index is 0.00807. The van der Waals surface area contributed by atoms with Crippen molar-refractivity contribution < 1.29 is 5.11 Å². The van der Waals surface area contributed by atoms with Gasteiger partial charge in [0.05, 0.1) is 6.61 Å². The predicted molar refractivity (Wildman–Crippen MR) is 73.1 cm³/mol. The third-order valence-electron chi connectivity index (χ3n) is 3.21. The topological polar surface area (TPSA) is 68.3 Å². The maximum atomic E-state index is 9.09. The molecule has 1 saturated heterocycles. The van der Waals surface area contributed by atoms with Gasteiger partial charge in [0.15, 0.2) is 0 Å². The van der Waals surface area contributed by atoms with Crippen LogP contribution in [-0.2, 0) is 6.61 Å². The molecule has 98 valence electrons. The molecule has 0 unspecified atom stereocenters. The lowest BCUT2D eigenvalue weighted by molar-refractivity contribution is 0.282. The van der Waals surface area contributed by atoms with Crippen molar-refractivity contribution in [2.24, 2.45) is 0 Å². The summed E-state index contributed by atoms with van der Waals surface area (Å²) in [5, 5.41) is 9.09. The normalized spacial score (nSPS) is 15.8. The van der Waals surface area contributed by atoms with Crippen LogP contribution < -0.4 is 21.9 Å². The van der Waals surface area contributed by atoms with Crippen LogP contribution in [0.25, 0.3) is 11.1 Å². The van der Waals surface area contributed by atoms with Gasteiger partial charge in [0.25, 0.3) is 0 Å². The summed E-state index contributed by atoms with van der Waals surface area (Å²) in [5.74, 6) is 0. The van der Waals surface area contributed by atoms with Crippen LogP contribution >= 0.6 is 0 Å². The second-order valence-electron chi connectivity index (χ2n) is 4.41. The first-order valence-corrected chi connectivity index (χ1v) is 6.18. The highest BCUT2D eigenvalue weighted by molar-refractivity contribution is 5.68. The number of aliphatic hydroxyl groups excluding tert-OH is 1. The molecule has 0 aliphatic carbocycles. The molecule has 5 N–H and O–H groups in total. The lowest BCUT2D eigenvalue weighted by Gasteiger charge is -2.15. The van der Waals surface area contributed by atoms with Gasteiger partial charge >= 0.3 is 0 Å². The molecule has 5 heteroatoms. The summed E-state index contributed by atoms with van der Waals surface area (Å²) in [6, 6.07) is 16.1. The zero-order valence-corrected chi connectivity index (χ0v) is 10.4. The number of rotatable bonds is 3. The molecule has 1 heterocycles. The molecule has 2 aromatic carbocycles. The SMILES string of the molecule is OCc1ccc(-c2ccccc2C2NNNN2)cc1. The molecule has 0 radical (unpaired) electrons. The Morgan fingerprint density at radius 1 is 0.895 bits per heavy atom. The van der Waals surface area contributed by atoms with Crippen molar-refractivity contribution in [1.82, 2.24) is 21.9 Å². The molecule has 19 heavy (non-hydrogen) atoms. The van der Waals surface area contributed by atoms with Crippen molar-refractivity contribution in [3.63, 3.8) is 0 Å². The average molecular weight is 256 g/mol. The number of benzene rings is 2. The Kier molecular flexibility index (Phi) is 3.54. The summed E-state index contributed by atoms with van der Waals surface area (Å²) < 4.78 is 0. The van der Waals surface area contributed by atoms with Crippen LogP contribution in [0, 0.1) is 0 Å². The van der Waals surface area contributed by atoms with Crippen molar-refractivity contribution in [2.45, 2.75) is 12.8 Å². The maximum Gasteiger partial charge on any atom is 0.112 e.